The van der Waals surface area contributed by atoms with E-state index < -0.39 is 0 Å². The summed E-state index contributed by atoms with van der Waals surface area (Å²) in [4.78, 5) is 26.4. The number of hydrogen-bond donors (Lipinski definition) is 1. The summed E-state index contributed by atoms with van der Waals surface area (Å²) < 4.78 is 0. The van der Waals surface area contributed by atoms with Crippen LogP contribution in [0.25, 0.3) is 0 Å². The maximum Gasteiger partial charge on any atom is 0.251 e. The lowest BCUT2D eigenvalue weighted by atomic mass is 10.00. The summed E-state index contributed by atoms with van der Waals surface area (Å²) >= 11 is 0. The molecule has 0 saturated carbocycles. The lowest BCUT2D eigenvalue weighted by molar-refractivity contribution is -0.133. The third kappa shape index (κ3) is 3.87. The molecule has 2 rings (SSSR count). The van der Waals surface area contributed by atoms with E-state index in [0.717, 1.165) is 36.9 Å². The van der Waals surface area contributed by atoms with Gasteiger partial charge in [0, 0.05) is 18.2 Å². The molecule has 1 aromatic rings. The monoisotopic (exact) mass is 302 g/mol. The average Bonchev–Trinajstić information content (AvgIpc) is 2.54. The first-order chi connectivity index (χ1) is 10.5. The highest BCUT2D eigenvalue weighted by Gasteiger charge is 2.25. The molecule has 1 aliphatic heterocycles. The molecule has 4 nitrogen and oxygen atoms in total. The second-order valence-corrected chi connectivity index (χ2v) is 6.13. The fraction of sp³-hybridized carbons (Fsp3) is 0.556. The van der Waals surface area contributed by atoms with Gasteiger partial charge in [-0.3, -0.25) is 9.59 Å². The molecule has 1 unspecified atom stereocenters. The van der Waals surface area contributed by atoms with Crippen molar-refractivity contribution in [2.75, 3.05) is 13.1 Å². The highest BCUT2D eigenvalue weighted by atomic mass is 16.2. The minimum Gasteiger partial charge on any atom is -0.343 e. The van der Waals surface area contributed by atoms with Crippen molar-refractivity contribution < 1.29 is 9.59 Å². The number of piperidine rings is 1. The minimum atomic E-state index is -0.179. The lowest BCUT2D eigenvalue weighted by Crippen LogP contribution is -2.47. The molecule has 1 heterocycles. The number of nitrogens with zero attached hydrogens (tertiary/aromatic N) is 1. The largest absolute Gasteiger partial charge is 0.343 e. The number of aryl methyl sites for hydroxylation is 2. The van der Waals surface area contributed by atoms with E-state index in [-0.39, 0.29) is 18.4 Å². The lowest BCUT2D eigenvalue weighted by Gasteiger charge is -2.35. The Morgan fingerprint density at radius 1 is 1.23 bits per heavy atom. The molecule has 4 heteroatoms. The van der Waals surface area contributed by atoms with Crippen LogP contribution in [0.3, 0.4) is 0 Å². The summed E-state index contributed by atoms with van der Waals surface area (Å²) in [7, 11) is 0. The Balaban J connectivity index is 1.92. The molecule has 0 aromatic heterocycles. The number of carbonyl (C=O) groups excluding carboxylic acids is 2. The van der Waals surface area contributed by atoms with Crippen LogP contribution in [0.15, 0.2) is 18.2 Å². The minimum absolute atomic E-state index is 0.0312. The number of amides is 2. The molecule has 0 radical (unpaired) electrons. The van der Waals surface area contributed by atoms with Gasteiger partial charge < -0.3 is 10.2 Å². The average molecular weight is 302 g/mol. The predicted octanol–water partition coefficient (Wildman–Crippen LogP) is 2.82. The fourth-order valence-corrected chi connectivity index (χ4v) is 3.00. The molecule has 0 spiro atoms. The van der Waals surface area contributed by atoms with Gasteiger partial charge in [-0.25, -0.2) is 0 Å². The van der Waals surface area contributed by atoms with Crippen LogP contribution in [0.1, 0.15) is 54.1 Å². The standard InChI is InChI=1S/C18H26N2O2/c1-4-16-7-5-6-10-20(16)17(21)12-19-18(22)15-9-8-13(2)14(3)11-15/h8-9,11,16H,4-7,10,12H2,1-3H3,(H,19,22). The fourth-order valence-electron chi connectivity index (χ4n) is 3.00. The zero-order chi connectivity index (χ0) is 16.1. The molecule has 1 aromatic carbocycles. The molecule has 1 saturated heterocycles. The van der Waals surface area contributed by atoms with Crippen LogP contribution in [0, 0.1) is 13.8 Å². The summed E-state index contributed by atoms with van der Waals surface area (Å²) in [5.41, 5.74) is 2.86. The van der Waals surface area contributed by atoms with Gasteiger partial charge in [0.05, 0.1) is 6.54 Å². The van der Waals surface area contributed by atoms with Crippen molar-refractivity contribution in [2.45, 2.75) is 52.5 Å². The molecule has 0 aliphatic carbocycles. The molecule has 1 N–H and O–H groups in total. The molecule has 1 fully saturated rings. The topological polar surface area (TPSA) is 49.4 Å². The van der Waals surface area contributed by atoms with E-state index in [4.69, 9.17) is 0 Å². The smallest absolute Gasteiger partial charge is 0.251 e. The van der Waals surface area contributed by atoms with Crippen LogP contribution in [0.2, 0.25) is 0 Å². The first kappa shape index (κ1) is 16.5. The summed E-state index contributed by atoms with van der Waals surface area (Å²) in [6.45, 7) is 7.02. The maximum absolute atomic E-state index is 12.3. The van der Waals surface area contributed by atoms with Crippen LogP contribution < -0.4 is 5.32 Å². The highest BCUT2D eigenvalue weighted by Crippen LogP contribution is 2.19. The summed E-state index contributed by atoms with van der Waals surface area (Å²) in [5.74, 6) is -0.148. The van der Waals surface area contributed by atoms with E-state index in [2.05, 4.69) is 12.2 Å². The van der Waals surface area contributed by atoms with Gasteiger partial charge in [-0.15, -0.1) is 0 Å². The zero-order valence-electron chi connectivity index (χ0n) is 13.8. The van der Waals surface area contributed by atoms with Crippen LogP contribution >= 0.6 is 0 Å². The van der Waals surface area contributed by atoms with Gasteiger partial charge in [-0.1, -0.05) is 13.0 Å². The zero-order valence-corrected chi connectivity index (χ0v) is 13.8. The van der Waals surface area contributed by atoms with E-state index in [1.165, 1.54) is 6.42 Å². The van der Waals surface area contributed by atoms with Crippen molar-refractivity contribution in [3.05, 3.63) is 34.9 Å². The number of likely N-dealkylation sites (tertiary alicyclic amines) is 1. The van der Waals surface area contributed by atoms with Crippen LogP contribution in [-0.4, -0.2) is 35.8 Å². The third-order valence-corrected chi connectivity index (χ3v) is 4.59. The van der Waals surface area contributed by atoms with Crippen molar-refractivity contribution in [3.63, 3.8) is 0 Å². The molecule has 0 bridgehead atoms. The summed E-state index contributed by atoms with van der Waals surface area (Å²) in [6, 6.07) is 5.94. The second-order valence-electron chi connectivity index (χ2n) is 6.13. The van der Waals surface area contributed by atoms with Gasteiger partial charge in [-0.2, -0.15) is 0 Å². The van der Waals surface area contributed by atoms with E-state index in [9.17, 15) is 9.59 Å². The number of rotatable bonds is 4. The van der Waals surface area contributed by atoms with E-state index in [1.54, 1.807) is 6.07 Å². The Bertz CT molecular complexity index is 554. The normalized spacial score (nSPS) is 18.1. The highest BCUT2D eigenvalue weighted by molar-refractivity contribution is 5.96. The molecule has 1 atom stereocenters. The van der Waals surface area contributed by atoms with Crippen LogP contribution in [0.4, 0.5) is 0 Å². The Morgan fingerprint density at radius 2 is 2.00 bits per heavy atom. The maximum atomic E-state index is 12.3. The number of benzene rings is 1. The van der Waals surface area contributed by atoms with E-state index in [1.807, 2.05) is 30.9 Å². The third-order valence-electron chi connectivity index (χ3n) is 4.59. The summed E-state index contributed by atoms with van der Waals surface area (Å²) in [6.07, 6.45) is 4.31. The predicted molar refractivity (Wildman–Crippen MR) is 87.9 cm³/mol. The number of hydrogen-bond acceptors (Lipinski definition) is 2. The Kier molecular flexibility index (Phi) is 5.58. The summed E-state index contributed by atoms with van der Waals surface area (Å²) in [5, 5.41) is 2.76. The van der Waals surface area contributed by atoms with Crippen LogP contribution in [-0.2, 0) is 4.79 Å². The molecular weight excluding hydrogens is 276 g/mol. The molecular formula is C18H26N2O2. The molecule has 1 aliphatic rings. The van der Waals surface area contributed by atoms with Crippen molar-refractivity contribution in [1.82, 2.24) is 10.2 Å². The molecule has 22 heavy (non-hydrogen) atoms. The van der Waals surface area contributed by atoms with Gasteiger partial charge in [0.2, 0.25) is 5.91 Å². The first-order valence-corrected chi connectivity index (χ1v) is 8.18. The number of nitrogens with one attached hydrogen (secondary N) is 1. The molecule has 120 valence electrons. The second kappa shape index (κ2) is 7.43. The Hall–Kier alpha value is -1.84. The van der Waals surface area contributed by atoms with Gasteiger partial charge >= 0.3 is 0 Å². The SMILES string of the molecule is CCC1CCCCN1C(=O)CNC(=O)c1ccc(C)c(C)c1. The Labute approximate surface area is 132 Å². The van der Waals surface area contributed by atoms with E-state index >= 15 is 0 Å². The van der Waals surface area contributed by atoms with Crippen molar-refractivity contribution in [3.8, 4) is 0 Å². The van der Waals surface area contributed by atoms with Crippen molar-refractivity contribution in [1.29, 1.82) is 0 Å². The first-order valence-electron chi connectivity index (χ1n) is 8.18. The van der Waals surface area contributed by atoms with Gasteiger partial charge in [0.25, 0.3) is 5.91 Å². The number of carbonyl (C=O) groups is 2. The van der Waals surface area contributed by atoms with Gasteiger partial charge in [0.15, 0.2) is 0 Å². The van der Waals surface area contributed by atoms with Crippen molar-refractivity contribution >= 4 is 11.8 Å². The molecule has 2 amide bonds. The van der Waals surface area contributed by atoms with Gasteiger partial charge in [-0.05, 0) is 62.8 Å². The Morgan fingerprint density at radius 3 is 2.68 bits per heavy atom. The van der Waals surface area contributed by atoms with E-state index in [0.29, 0.717) is 11.6 Å². The van der Waals surface area contributed by atoms with Gasteiger partial charge in [0.1, 0.15) is 0 Å². The van der Waals surface area contributed by atoms with Crippen molar-refractivity contribution in [2.24, 2.45) is 0 Å². The van der Waals surface area contributed by atoms with Crippen LogP contribution in [0.5, 0.6) is 0 Å². The quantitative estimate of drug-likeness (QED) is 0.930.